The average molecular weight is 362 g/mol. The van der Waals surface area contributed by atoms with E-state index in [4.69, 9.17) is 14.6 Å². The van der Waals surface area contributed by atoms with Crippen LogP contribution in [0.25, 0.3) is 0 Å². The quantitative estimate of drug-likeness (QED) is 0.424. The molecule has 1 aliphatic heterocycles. The summed E-state index contributed by atoms with van der Waals surface area (Å²) in [5.41, 5.74) is 0.582. The van der Waals surface area contributed by atoms with E-state index in [9.17, 15) is 14.7 Å². The van der Waals surface area contributed by atoms with Crippen molar-refractivity contribution in [3.63, 3.8) is 0 Å². The van der Waals surface area contributed by atoms with Gasteiger partial charge in [0, 0.05) is 11.5 Å². The third-order valence-electron chi connectivity index (χ3n) is 5.37. The van der Waals surface area contributed by atoms with Crippen LogP contribution in [-0.2, 0) is 19.1 Å². The minimum Gasteiger partial charge on any atom is -0.458 e. The molecule has 2 aliphatic rings. The zero-order valence-corrected chi connectivity index (χ0v) is 15.2. The summed E-state index contributed by atoms with van der Waals surface area (Å²) in [5, 5.41) is 18.3. The Morgan fingerprint density at radius 3 is 2.62 bits per heavy atom. The van der Waals surface area contributed by atoms with E-state index in [1.807, 2.05) is 13.8 Å². The van der Waals surface area contributed by atoms with Gasteiger partial charge < -0.3 is 19.7 Å². The largest absolute Gasteiger partial charge is 0.458 e. The number of aliphatic hydroxyl groups is 2. The van der Waals surface area contributed by atoms with E-state index in [1.54, 1.807) is 6.08 Å². The van der Waals surface area contributed by atoms with Crippen LogP contribution >= 0.6 is 0 Å². The second-order valence-electron chi connectivity index (χ2n) is 7.17. The fourth-order valence-corrected chi connectivity index (χ4v) is 4.09. The Bertz CT molecular complexity index is 676. The van der Waals surface area contributed by atoms with E-state index in [1.165, 1.54) is 6.08 Å². The maximum atomic E-state index is 12.4. The lowest BCUT2D eigenvalue weighted by Crippen LogP contribution is -2.51. The van der Waals surface area contributed by atoms with Crippen molar-refractivity contribution < 1.29 is 29.3 Å². The van der Waals surface area contributed by atoms with Gasteiger partial charge in [0.05, 0.1) is 24.7 Å². The lowest BCUT2D eigenvalue weighted by Gasteiger charge is -2.48. The molecule has 0 aromatic heterocycles. The predicted octanol–water partition coefficient (Wildman–Crippen LogP) is 1.70. The Hall–Kier alpha value is -2.18. The number of ether oxygens (including phenoxy) is 2. The first-order valence-corrected chi connectivity index (χ1v) is 8.50. The number of rotatable bonds is 6. The van der Waals surface area contributed by atoms with Gasteiger partial charge in [-0.1, -0.05) is 31.7 Å². The third kappa shape index (κ3) is 3.39. The zero-order valence-electron chi connectivity index (χ0n) is 15.2. The van der Waals surface area contributed by atoms with Crippen LogP contribution in [0.3, 0.4) is 0 Å². The Kier molecular flexibility index (Phi) is 5.88. The normalized spacial score (nSPS) is 34.1. The maximum Gasteiger partial charge on any atom is 0.336 e. The van der Waals surface area contributed by atoms with Gasteiger partial charge >= 0.3 is 11.9 Å². The van der Waals surface area contributed by atoms with Gasteiger partial charge in [-0.3, -0.25) is 0 Å². The molecule has 0 aromatic carbocycles. The van der Waals surface area contributed by atoms with E-state index in [0.717, 1.165) is 5.57 Å². The second-order valence-corrected chi connectivity index (χ2v) is 7.17. The Balaban J connectivity index is 2.40. The molecule has 0 bridgehead atoms. The number of aliphatic hydroxyl groups excluding tert-OH is 2. The first-order chi connectivity index (χ1) is 12.2. The van der Waals surface area contributed by atoms with E-state index in [-0.39, 0.29) is 17.1 Å². The number of allylic oxidation sites excluding steroid dienone is 1. The number of hydrogen-bond donors (Lipinski definition) is 2. The van der Waals surface area contributed by atoms with E-state index in [0.29, 0.717) is 6.42 Å². The number of fused-ring (bicyclic) bond motifs is 1. The van der Waals surface area contributed by atoms with Crippen molar-refractivity contribution in [1.82, 2.24) is 0 Å². The topological polar surface area (TPSA) is 93.1 Å². The zero-order chi connectivity index (χ0) is 19.6. The third-order valence-corrected chi connectivity index (χ3v) is 5.37. The van der Waals surface area contributed by atoms with Crippen molar-refractivity contribution in [3.05, 3.63) is 48.6 Å². The lowest BCUT2D eigenvalue weighted by molar-refractivity contribution is -0.159. The highest BCUT2D eigenvalue weighted by molar-refractivity contribution is 5.92. The molecule has 0 spiro atoms. The van der Waals surface area contributed by atoms with Gasteiger partial charge in [-0.2, -0.15) is 0 Å². The molecular formula is C20H26O6. The molecule has 6 nitrogen and oxygen atoms in total. The first kappa shape index (κ1) is 20.1. The molecule has 26 heavy (non-hydrogen) atoms. The minimum atomic E-state index is -0.738. The summed E-state index contributed by atoms with van der Waals surface area (Å²) < 4.78 is 11.2. The van der Waals surface area contributed by atoms with Gasteiger partial charge in [0.1, 0.15) is 12.2 Å². The number of hydrogen-bond acceptors (Lipinski definition) is 6. The highest BCUT2D eigenvalue weighted by Crippen LogP contribution is 2.53. The van der Waals surface area contributed by atoms with Gasteiger partial charge in [-0.25, -0.2) is 9.59 Å². The maximum absolute atomic E-state index is 12.4. The molecule has 2 rings (SSSR count). The molecule has 2 fully saturated rings. The van der Waals surface area contributed by atoms with Crippen molar-refractivity contribution >= 4 is 11.9 Å². The van der Waals surface area contributed by atoms with Crippen LogP contribution in [0, 0.1) is 17.3 Å². The summed E-state index contributed by atoms with van der Waals surface area (Å²) in [6.07, 6.45) is 2.17. The van der Waals surface area contributed by atoms with Crippen LogP contribution in [0.2, 0.25) is 0 Å². The van der Waals surface area contributed by atoms with Crippen LogP contribution < -0.4 is 0 Å². The smallest absolute Gasteiger partial charge is 0.336 e. The van der Waals surface area contributed by atoms with E-state index in [2.05, 4.69) is 19.7 Å². The number of esters is 2. The summed E-state index contributed by atoms with van der Waals surface area (Å²) in [6.45, 7) is 14.7. The van der Waals surface area contributed by atoms with Crippen LogP contribution in [0.15, 0.2) is 48.6 Å². The van der Waals surface area contributed by atoms with Crippen molar-refractivity contribution in [2.24, 2.45) is 17.3 Å². The molecule has 1 saturated heterocycles. The number of carbonyl (C=O) groups excluding carboxylic acids is 2. The molecule has 1 saturated carbocycles. The summed E-state index contributed by atoms with van der Waals surface area (Å²) in [6, 6.07) is 0. The van der Waals surface area contributed by atoms with Crippen LogP contribution in [0.1, 0.15) is 20.3 Å². The summed E-state index contributed by atoms with van der Waals surface area (Å²) in [4.78, 5) is 24.5. The molecule has 1 aliphatic carbocycles. The fraction of sp³-hybridized carbons (Fsp3) is 0.500. The van der Waals surface area contributed by atoms with Crippen LogP contribution in [0.4, 0.5) is 0 Å². The van der Waals surface area contributed by atoms with Crippen LogP contribution in [0.5, 0.6) is 0 Å². The summed E-state index contributed by atoms with van der Waals surface area (Å²) in [5.74, 6) is -1.91. The monoisotopic (exact) mass is 362 g/mol. The molecular weight excluding hydrogens is 336 g/mol. The van der Waals surface area contributed by atoms with Gasteiger partial charge in [-0.15, -0.1) is 6.58 Å². The van der Waals surface area contributed by atoms with Gasteiger partial charge in [0.15, 0.2) is 0 Å². The molecule has 5 unspecified atom stereocenters. The van der Waals surface area contributed by atoms with Crippen LogP contribution in [-0.4, -0.2) is 47.6 Å². The van der Waals surface area contributed by atoms with E-state index >= 15 is 0 Å². The van der Waals surface area contributed by atoms with Crippen molar-refractivity contribution in [2.75, 3.05) is 13.2 Å². The van der Waals surface area contributed by atoms with Crippen molar-refractivity contribution in [1.29, 1.82) is 0 Å². The standard InChI is InChI=1S/C20H26O6/c1-6-20(5)9-14(25-19(24)13(10-22)7-8-21)15-12(4)18(23)26-17(15)16(20)11(2)3/h6-7,14-17,21-22H,1-2,4,8-10H2,3,5H3. The molecule has 0 amide bonds. The molecule has 2 N–H and O–H groups in total. The Morgan fingerprint density at radius 2 is 2.12 bits per heavy atom. The first-order valence-electron chi connectivity index (χ1n) is 8.50. The van der Waals surface area contributed by atoms with E-state index < -0.39 is 48.7 Å². The average Bonchev–Trinajstić information content (AvgIpc) is 2.86. The molecule has 6 heteroatoms. The van der Waals surface area contributed by atoms with Crippen molar-refractivity contribution in [2.45, 2.75) is 32.5 Å². The lowest BCUT2D eigenvalue weighted by atomic mass is 9.59. The molecule has 0 radical (unpaired) electrons. The summed E-state index contributed by atoms with van der Waals surface area (Å²) >= 11 is 0. The fourth-order valence-electron chi connectivity index (χ4n) is 4.09. The summed E-state index contributed by atoms with van der Waals surface area (Å²) in [7, 11) is 0. The second kappa shape index (κ2) is 7.60. The Morgan fingerprint density at radius 1 is 1.46 bits per heavy atom. The molecule has 5 atom stereocenters. The highest BCUT2D eigenvalue weighted by Gasteiger charge is 2.58. The van der Waals surface area contributed by atoms with Gasteiger partial charge in [-0.05, 0) is 24.8 Å². The number of carbonyl (C=O) groups is 2. The minimum absolute atomic E-state index is 0.0396. The Labute approximate surface area is 153 Å². The molecule has 0 aromatic rings. The predicted molar refractivity (Wildman–Crippen MR) is 95.9 cm³/mol. The molecule has 142 valence electrons. The SMILES string of the molecule is C=CC1(C)CC(OC(=O)C(=CCO)CO)C2C(=C)C(=O)OC2C1C(=C)C. The van der Waals surface area contributed by atoms with Gasteiger partial charge in [0.25, 0.3) is 0 Å². The molecule has 1 heterocycles. The highest BCUT2D eigenvalue weighted by atomic mass is 16.6. The van der Waals surface area contributed by atoms with Crippen molar-refractivity contribution in [3.8, 4) is 0 Å². The van der Waals surface area contributed by atoms with Gasteiger partial charge in [0.2, 0.25) is 0 Å².